The van der Waals surface area contributed by atoms with Gasteiger partial charge in [-0.05, 0) is 25.7 Å². The van der Waals surface area contributed by atoms with Gasteiger partial charge in [0.25, 0.3) is 0 Å². The third-order valence-electron chi connectivity index (χ3n) is 7.24. The monoisotopic (exact) mass is 399 g/mol. The molecule has 3 fully saturated rings. The predicted octanol–water partition coefficient (Wildman–Crippen LogP) is 3.15. The lowest BCUT2D eigenvalue weighted by Crippen LogP contribution is -2.61. The number of nitrogens with zero attached hydrogens (tertiary/aromatic N) is 5. The molecule has 2 saturated heterocycles. The van der Waals surface area contributed by atoms with Crippen molar-refractivity contribution in [2.24, 2.45) is 11.3 Å². The summed E-state index contributed by atoms with van der Waals surface area (Å²) in [6.45, 7) is 14.6. The minimum Gasteiger partial charge on any atom is -0.366 e. The van der Waals surface area contributed by atoms with Crippen molar-refractivity contribution in [3.63, 3.8) is 0 Å². The summed E-state index contributed by atoms with van der Waals surface area (Å²) in [6, 6.07) is 0.720. The van der Waals surface area contributed by atoms with E-state index in [1.165, 1.54) is 25.7 Å². The van der Waals surface area contributed by atoms with Gasteiger partial charge in [0.05, 0.1) is 18.1 Å². The van der Waals surface area contributed by atoms with E-state index in [-0.39, 0.29) is 5.92 Å². The average molecular weight is 400 g/mol. The summed E-state index contributed by atoms with van der Waals surface area (Å²) in [5.74, 6) is 1.76. The number of hydrogen-bond donors (Lipinski definition) is 0. The first kappa shape index (κ1) is 20.6. The number of hydrogen-bond acceptors (Lipinski definition) is 5. The standard InChI is InChI=1S/C23H37N5O/c1-17(2)21-24-13-20(14-25-21)27-11-9-26(10-12-27)19-5-7-23(8-6-19)15-28(16-23)22(29)18(3)4/h13-14,17-19H,5-12,15-16H2,1-4H3. The Morgan fingerprint density at radius 3 is 2.10 bits per heavy atom. The van der Waals surface area contributed by atoms with E-state index >= 15 is 0 Å². The quantitative estimate of drug-likeness (QED) is 0.778. The van der Waals surface area contributed by atoms with Crippen LogP contribution < -0.4 is 4.90 Å². The summed E-state index contributed by atoms with van der Waals surface area (Å²) in [7, 11) is 0. The van der Waals surface area contributed by atoms with Gasteiger partial charge >= 0.3 is 0 Å². The number of rotatable bonds is 4. The van der Waals surface area contributed by atoms with Gasteiger partial charge in [-0.15, -0.1) is 0 Å². The smallest absolute Gasteiger partial charge is 0.225 e. The second-order valence-corrected chi connectivity index (χ2v) is 10.1. The highest BCUT2D eigenvalue weighted by Crippen LogP contribution is 2.45. The molecule has 3 heterocycles. The van der Waals surface area contributed by atoms with Crippen molar-refractivity contribution >= 4 is 11.6 Å². The summed E-state index contributed by atoms with van der Waals surface area (Å²) in [6.07, 6.45) is 9.12. The molecule has 0 bridgehead atoms. The van der Waals surface area contributed by atoms with E-state index in [0.29, 0.717) is 17.2 Å². The number of piperazine rings is 1. The minimum absolute atomic E-state index is 0.131. The molecule has 1 aromatic rings. The molecule has 160 valence electrons. The highest BCUT2D eigenvalue weighted by Gasteiger charge is 2.47. The fourth-order valence-electron chi connectivity index (χ4n) is 5.32. The van der Waals surface area contributed by atoms with Gasteiger partial charge in [-0.1, -0.05) is 27.7 Å². The summed E-state index contributed by atoms with van der Waals surface area (Å²) >= 11 is 0. The van der Waals surface area contributed by atoms with Crippen LogP contribution in [0.2, 0.25) is 0 Å². The Morgan fingerprint density at radius 1 is 1.00 bits per heavy atom. The Morgan fingerprint density at radius 2 is 1.59 bits per heavy atom. The van der Waals surface area contributed by atoms with Crippen LogP contribution in [-0.2, 0) is 4.79 Å². The van der Waals surface area contributed by atoms with Gasteiger partial charge in [0.1, 0.15) is 5.82 Å². The molecular formula is C23H37N5O. The van der Waals surface area contributed by atoms with Crippen LogP contribution in [0.1, 0.15) is 65.1 Å². The van der Waals surface area contributed by atoms with E-state index in [1.54, 1.807) is 0 Å². The molecule has 0 aromatic carbocycles. The Hall–Kier alpha value is -1.69. The van der Waals surface area contributed by atoms with Crippen LogP contribution in [0.4, 0.5) is 5.69 Å². The highest BCUT2D eigenvalue weighted by atomic mass is 16.2. The molecule has 3 aliphatic rings. The van der Waals surface area contributed by atoms with Crippen LogP contribution in [0, 0.1) is 11.3 Å². The molecule has 0 radical (unpaired) electrons. The second-order valence-electron chi connectivity index (χ2n) is 10.1. The van der Waals surface area contributed by atoms with E-state index in [4.69, 9.17) is 0 Å². The van der Waals surface area contributed by atoms with Crippen molar-refractivity contribution in [3.8, 4) is 0 Å². The van der Waals surface area contributed by atoms with Gasteiger partial charge in [0.2, 0.25) is 5.91 Å². The lowest BCUT2D eigenvalue weighted by atomic mass is 9.67. The van der Waals surface area contributed by atoms with Gasteiger partial charge in [-0.3, -0.25) is 9.69 Å². The first-order chi connectivity index (χ1) is 13.9. The van der Waals surface area contributed by atoms with Crippen LogP contribution in [0.15, 0.2) is 12.4 Å². The molecule has 6 heteroatoms. The Bertz CT molecular complexity index is 692. The van der Waals surface area contributed by atoms with Crippen molar-refractivity contribution in [2.75, 3.05) is 44.2 Å². The molecule has 1 aromatic heterocycles. The normalized spacial score (nSPS) is 23.1. The molecule has 1 saturated carbocycles. The highest BCUT2D eigenvalue weighted by molar-refractivity contribution is 5.79. The van der Waals surface area contributed by atoms with Crippen molar-refractivity contribution in [2.45, 2.75) is 65.3 Å². The first-order valence-electron chi connectivity index (χ1n) is 11.5. The molecule has 0 unspecified atom stereocenters. The fraction of sp³-hybridized carbons (Fsp3) is 0.783. The summed E-state index contributed by atoms with van der Waals surface area (Å²) in [4.78, 5) is 28.4. The molecule has 2 aliphatic heterocycles. The van der Waals surface area contributed by atoms with Gasteiger partial charge < -0.3 is 9.80 Å². The zero-order valence-corrected chi connectivity index (χ0v) is 18.6. The largest absolute Gasteiger partial charge is 0.366 e. The summed E-state index contributed by atoms with van der Waals surface area (Å²) < 4.78 is 0. The van der Waals surface area contributed by atoms with Gasteiger partial charge in [-0.25, -0.2) is 9.97 Å². The number of carbonyl (C=O) groups is 1. The molecule has 6 nitrogen and oxygen atoms in total. The van der Waals surface area contributed by atoms with E-state index in [1.807, 2.05) is 26.2 Å². The van der Waals surface area contributed by atoms with E-state index in [0.717, 1.165) is 56.8 Å². The average Bonchev–Trinajstić information content (AvgIpc) is 2.72. The van der Waals surface area contributed by atoms with E-state index in [9.17, 15) is 4.79 Å². The second kappa shape index (κ2) is 8.21. The van der Waals surface area contributed by atoms with E-state index < -0.39 is 0 Å². The molecule has 1 aliphatic carbocycles. The molecule has 0 N–H and O–H groups in total. The SMILES string of the molecule is CC(C)C(=O)N1CC2(CCC(N3CCN(c4cnc(C(C)C)nc4)CC3)CC2)C1. The third-order valence-corrected chi connectivity index (χ3v) is 7.24. The van der Waals surface area contributed by atoms with Crippen molar-refractivity contribution in [1.82, 2.24) is 19.8 Å². The number of likely N-dealkylation sites (tertiary alicyclic amines) is 1. The topological polar surface area (TPSA) is 52.6 Å². The molecule has 0 atom stereocenters. The maximum atomic E-state index is 12.2. The Kier molecular flexibility index (Phi) is 5.83. The first-order valence-corrected chi connectivity index (χ1v) is 11.5. The number of anilines is 1. The molecule has 29 heavy (non-hydrogen) atoms. The van der Waals surface area contributed by atoms with Gasteiger partial charge in [0.15, 0.2) is 0 Å². The maximum absolute atomic E-state index is 12.2. The van der Waals surface area contributed by atoms with Gasteiger partial charge in [0, 0.05) is 62.6 Å². The zero-order valence-electron chi connectivity index (χ0n) is 18.6. The molecule has 1 spiro atoms. The van der Waals surface area contributed by atoms with Crippen LogP contribution >= 0.6 is 0 Å². The lowest BCUT2D eigenvalue weighted by Gasteiger charge is -2.55. The molecule has 1 amide bonds. The fourth-order valence-corrected chi connectivity index (χ4v) is 5.32. The summed E-state index contributed by atoms with van der Waals surface area (Å²) in [5, 5.41) is 0. The number of aromatic nitrogens is 2. The minimum atomic E-state index is 0.131. The molecular weight excluding hydrogens is 362 g/mol. The zero-order chi connectivity index (χ0) is 20.6. The van der Waals surface area contributed by atoms with Crippen LogP contribution in [0.25, 0.3) is 0 Å². The van der Waals surface area contributed by atoms with Gasteiger partial charge in [-0.2, -0.15) is 0 Å². The van der Waals surface area contributed by atoms with E-state index in [2.05, 4.69) is 38.5 Å². The van der Waals surface area contributed by atoms with Crippen molar-refractivity contribution in [1.29, 1.82) is 0 Å². The molecule has 4 rings (SSSR count). The van der Waals surface area contributed by atoms with Crippen molar-refractivity contribution < 1.29 is 4.79 Å². The van der Waals surface area contributed by atoms with Crippen LogP contribution in [0.3, 0.4) is 0 Å². The Balaban J connectivity index is 1.23. The number of amides is 1. The summed E-state index contributed by atoms with van der Waals surface area (Å²) in [5.41, 5.74) is 1.58. The predicted molar refractivity (Wildman–Crippen MR) is 116 cm³/mol. The lowest BCUT2D eigenvalue weighted by molar-refractivity contribution is -0.150. The third kappa shape index (κ3) is 4.27. The number of carbonyl (C=O) groups excluding carboxylic acids is 1. The van der Waals surface area contributed by atoms with Crippen molar-refractivity contribution in [3.05, 3.63) is 18.2 Å². The Labute approximate surface area is 175 Å². The van der Waals surface area contributed by atoms with Crippen LogP contribution in [0.5, 0.6) is 0 Å². The van der Waals surface area contributed by atoms with Crippen LogP contribution in [-0.4, -0.2) is 71.0 Å². The maximum Gasteiger partial charge on any atom is 0.225 e.